The summed E-state index contributed by atoms with van der Waals surface area (Å²) in [5.74, 6) is 1.88. The number of hydrogen-bond acceptors (Lipinski definition) is 5. The third-order valence-corrected chi connectivity index (χ3v) is 7.05. The number of rotatable bonds is 7. The number of nitrogens with one attached hydrogen (secondary N) is 1. The van der Waals surface area contributed by atoms with Gasteiger partial charge in [-0.15, -0.1) is 0 Å². The Morgan fingerprint density at radius 1 is 0.882 bits per heavy atom. The third-order valence-electron chi connectivity index (χ3n) is 7.05. The molecule has 1 saturated heterocycles. The minimum atomic E-state index is -0.316. The molecule has 0 spiro atoms. The van der Waals surface area contributed by atoms with E-state index in [1.807, 2.05) is 41.3 Å². The molecule has 0 radical (unpaired) electrons. The maximum Gasteiger partial charge on any atom is 0.229 e. The van der Waals surface area contributed by atoms with Gasteiger partial charge in [-0.3, -0.25) is 9.59 Å². The first-order chi connectivity index (χ1) is 16.5. The molecule has 2 aromatic carbocycles. The molecule has 182 valence electrons. The van der Waals surface area contributed by atoms with Gasteiger partial charge in [-0.05, 0) is 49.1 Å². The van der Waals surface area contributed by atoms with Gasteiger partial charge in [-0.25, -0.2) is 0 Å². The van der Waals surface area contributed by atoms with Crippen LogP contribution in [-0.2, 0) is 9.59 Å². The molecule has 34 heavy (non-hydrogen) atoms. The van der Waals surface area contributed by atoms with E-state index in [9.17, 15) is 9.59 Å². The maximum absolute atomic E-state index is 13.3. The van der Waals surface area contributed by atoms with Crippen LogP contribution in [0.5, 0.6) is 17.2 Å². The molecule has 7 nitrogen and oxygen atoms in total. The van der Waals surface area contributed by atoms with Crippen LogP contribution in [0.1, 0.15) is 43.6 Å². The van der Waals surface area contributed by atoms with Crippen molar-refractivity contribution in [2.45, 2.75) is 38.0 Å². The Bertz CT molecular complexity index is 1020. The number of ether oxygens (including phenoxy) is 3. The Balaban J connectivity index is 1.57. The normalized spacial score (nSPS) is 20.6. The first-order valence-corrected chi connectivity index (χ1v) is 12.0. The van der Waals surface area contributed by atoms with E-state index in [0.29, 0.717) is 42.4 Å². The summed E-state index contributed by atoms with van der Waals surface area (Å²) in [5.41, 5.74) is 1.73. The van der Waals surface area contributed by atoms with Crippen LogP contribution in [0.25, 0.3) is 0 Å². The van der Waals surface area contributed by atoms with Crippen molar-refractivity contribution in [2.75, 3.05) is 39.7 Å². The fraction of sp³-hybridized carbons (Fsp3) is 0.481. The second-order valence-corrected chi connectivity index (χ2v) is 9.19. The number of likely N-dealkylation sites (tertiary alicyclic amines) is 1. The summed E-state index contributed by atoms with van der Waals surface area (Å²) in [6, 6.07) is 13.2. The number of hydrogen-bond donors (Lipinski definition) is 1. The smallest absolute Gasteiger partial charge is 0.229 e. The minimum Gasteiger partial charge on any atom is -0.497 e. The highest BCUT2D eigenvalue weighted by Crippen LogP contribution is 2.37. The summed E-state index contributed by atoms with van der Waals surface area (Å²) in [4.78, 5) is 28.6. The van der Waals surface area contributed by atoms with Crippen LogP contribution in [0.4, 0.5) is 5.69 Å². The van der Waals surface area contributed by atoms with Crippen molar-refractivity contribution >= 4 is 17.5 Å². The molecule has 2 aromatic rings. The lowest BCUT2D eigenvalue weighted by Crippen LogP contribution is -2.48. The molecular formula is C27H34N2O5. The largest absolute Gasteiger partial charge is 0.497 e. The molecule has 1 aliphatic carbocycles. The van der Waals surface area contributed by atoms with Gasteiger partial charge in [-0.2, -0.15) is 0 Å². The summed E-state index contributed by atoms with van der Waals surface area (Å²) in [6.07, 6.45) is 4.74. The average Bonchev–Trinajstić information content (AvgIpc) is 3.42. The van der Waals surface area contributed by atoms with Gasteiger partial charge in [0.25, 0.3) is 0 Å². The van der Waals surface area contributed by atoms with Crippen LogP contribution in [0, 0.1) is 11.8 Å². The van der Waals surface area contributed by atoms with E-state index in [0.717, 1.165) is 31.2 Å². The van der Waals surface area contributed by atoms with Crippen LogP contribution in [-0.4, -0.2) is 51.1 Å². The molecule has 2 aliphatic rings. The lowest BCUT2D eigenvalue weighted by Gasteiger charge is -2.38. The predicted octanol–water partition coefficient (Wildman–Crippen LogP) is 4.47. The number of anilines is 1. The average molecular weight is 467 g/mol. The number of carbonyl (C=O) groups is 2. The number of benzene rings is 2. The Labute approximate surface area is 201 Å². The molecule has 4 rings (SSSR count). The zero-order chi connectivity index (χ0) is 24.1. The fourth-order valence-electron chi connectivity index (χ4n) is 5.19. The Morgan fingerprint density at radius 3 is 2.35 bits per heavy atom. The highest BCUT2D eigenvalue weighted by Gasteiger charge is 2.37. The second-order valence-electron chi connectivity index (χ2n) is 9.19. The summed E-state index contributed by atoms with van der Waals surface area (Å²) < 4.78 is 16.2. The summed E-state index contributed by atoms with van der Waals surface area (Å²) in [7, 11) is 4.82. The third kappa shape index (κ3) is 5.29. The number of nitrogens with zero attached hydrogens (tertiary/aromatic N) is 1. The zero-order valence-electron chi connectivity index (χ0n) is 20.2. The van der Waals surface area contributed by atoms with Crippen molar-refractivity contribution in [3.8, 4) is 17.2 Å². The van der Waals surface area contributed by atoms with Crippen molar-refractivity contribution in [3.63, 3.8) is 0 Å². The maximum atomic E-state index is 13.3. The van der Waals surface area contributed by atoms with E-state index in [-0.39, 0.29) is 29.6 Å². The van der Waals surface area contributed by atoms with Gasteiger partial charge >= 0.3 is 0 Å². The van der Waals surface area contributed by atoms with Gasteiger partial charge in [0.15, 0.2) is 11.5 Å². The van der Waals surface area contributed by atoms with Crippen molar-refractivity contribution in [1.82, 2.24) is 4.90 Å². The molecule has 1 N–H and O–H groups in total. The van der Waals surface area contributed by atoms with Gasteiger partial charge in [0.1, 0.15) is 5.75 Å². The Hall–Kier alpha value is -3.22. The first kappa shape index (κ1) is 23.9. The van der Waals surface area contributed by atoms with E-state index in [1.165, 1.54) is 0 Å². The highest BCUT2D eigenvalue weighted by atomic mass is 16.5. The lowest BCUT2D eigenvalue weighted by molar-refractivity contribution is -0.138. The van der Waals surface area contributed by atoms with Gasteiger partial charge < -0.3 is 24.4 Å². The van der Waals surface area contributed by atoms with E-state index >= 15 is 0 Å². The lowest BCUT2D eigenvalue weighted by atomic mass is 9.83. The van der Waals surface area contributed by atoms with Crippen molar-refractivity contribution < 1.29 is 23.8 Å². The molecule has 0 aromatic heterocycles. The topological polar surface area (TPSA) is 77.1 Å². The molecule has 1 saturated carbocycles. The van der Waals surface area contributed by atoms with Crippen LogP contribution < -0.4 is 19.5 Å². The SMILES string of the molecule is COc1cccc(NC(=O)C2CC(c3ccc(OC)c(OC)c3)CN(C(=O)C3CCCC3)C2)c1. The fourth-order valence-corrected chi connectivity index (χ4v) is 5.19. The van der Waals surface area contributed by atoms with E-state index in [2.05, 4.69) is 5.32 Å². The van der Waals surface area contributed by atoms with E-state index < -0.39 is 0 Å². The number of methoxy groups -OCH3 is 3. The molecule has 2 amide bonds. The van der Waals surface area contributed by atoms with Gasteiger partial charge in [0.05, 0.1) is 27.2 Å². The molecular weight excluding hydrogens is 432 g/mol. The van der Waals surface area contributed by atoms with Crippen molar-refractivity contribution in [2.24, 2.45) is 11.8 Å². The summed E-state index contributed by atoms with van der Waals surface area (Å²) >= 11 is 0. The van der Waals surface area contributed by atoms with Crippen molar-refractivity contribution in [1.29, 1.82) is 0 Å². The van der Waals surface area contributed by atoms with Crippen LogP contribution in [0.15, 0.2) is 42.5 Å². The highest BCUT2D eigenvalue weighted by molar-refractivity contribution is 5.93. The molecule has 2 unspecified atom stereocenters. The van der Waals surface area contributed by atoms with E-state index in [4.69, 9.17) is 14.2 Å². The quantitative estimate of drug-likeness (QED) is 0.651. The van der Waals surface area contributed by atoms with Gasteiger partial charge in [0, 0.05) is 36.7 Å². The first-order valence-electron chi connectivity index (χ1n) is 12.0. The molecule has 2 atom stereocenters. The Kier molecular flexibility index (Phi) is 7.60. The number of carbonyl (C=O) groups excluding carboxylic acids is 2. The minimum absolute atomic E-state index is 0.0277. The van der Waals surface area contributed by atoms with Crippen molar-refractivity contribution in [3.05, 3.63) is 48.0 Å². The zero-order valence-corrected chi connectivity index (χ0v) is 20.2. The number of amides is 2. The molecule has 1 aliphatic heterocycles. The standard InChI is InChI=1S/C27H34N2O5/c1-32-23-10-6-9-22(15-23)28-26(30)21-13-20(19-11-12-24(33-2)25(14-19)34-3)16-29(17-21)27(31)18-7-4-5-8-18/h6,9-12,14-15,18,20-21H,4-5,7-8,13,16-17H2,1-3H3,(H,28,30). The van der Waals surface area contributed by atoms with Crippen LogP contribution in [0.2, 0.25) is 0 Å². The molecule has 2 fully saturated rings. The second kappa shape index (κ2) is 10.8. The van der Waals surface area contributed by atoms with Crippen LogP contribution in [0.3, 0.4) is 0 Å². The van der Waals surface area contributed by atoms with Gasteiger partial charge in [-0.1, -0.05) is 25.0 Å². The van der Waals surface area contributed by atoms with Gasteiger partial charge in [0.2, 0.25) is 11.8 Å². The molecule has 7 heteroatoms. The summed E-state index contributed by atoms with van der Waals surface area (Å²) in [6.45, 7) is 1.04. The van der Waals surface area contributed by atoms with E-state index in [1.54, 1.807) is 27.4 Å². The Morgan fingerprint density at radius 2 is 1.65 bits per heavy atom. The summed E-state index contributed by atoms with van der Waals surface area (Å²) in [5, 5.41) is 3.03. The number of piperidine rings is 1. The van der Waals surface area contributed by atoms with Crippen LogP contribution >= 0.6 is 0 Å². The predicted molar refractivity (Wildman–Crippen MR) is 131 cm³/mol. The molecule has 0 bridgehead atoms. The molecule has 1 heterocycles. The monoisotopic (exact) mass is 466 g/mol.